The molecule has 0 aromatic carbocycles. The molecule has 0 aliphatic rings. The molecule has 0 unspecified atom stereocenters. The smallest absolute Gasteiger partial charge is 0.191 e. The summed E-state index contributed by atoms with van der Waals surface area (Å²) in [5, 5.41) is 10.5. The largest absolute Gasteiger partial charge is 0.356 e. The van der Waals surface area contributed by atoms with Crippen molar-refractivity contribution in [3.63, 3.8) is 0 Å². The van der Waals surface area contributed by atoms with Gasteiger partial charge in [0.15, 0.2) is 5.96 Å². The Kier molecular flexibility index (Phi) is 5.45. The van der Waals surface area contributed by atoms with Crippen LogP contribution in [0, 0.1) is 5.92 Å². The Morgan fingerprint density at radius 2 is 2.24 bits per heavy atom. The molecule has 0 bridgehead atoms. The number of aliphatic imine (C=N–C) groups is 1. The Labute approximate surface area is 103 Å². The zero-order chi connectivity index (χ0) is 12.7. The molecule has 1 aromatic heterocycles. The minimum Gasteiger partial charge on any atom is -0.356 e. The molecule has 0 aliphatic carbocycles. The summed E-state index contributed by atoms with van der Waals surface area (Å²) < 4.78 is 1.74. The highest BCUT2D eigenvalue weighted by atomic mass is 15.3. The van der Waals surface area contributed by atoms with Gasteiger partial charge in [0.05, 0.1) is 6.54 Å². The van der Waals surface area contributed by atoms with Gasteiger partial charge in [-0.15, -0.1) is 0 Å². The van der Waals surface area contributed by atoms with Crippen molar-refractivity contribution < 1.29 is 0 Å². The topological polar surface area (TPSA) is 67.1 Å². The van der Waals surface area contributed by atoms with Crippen molar-refractivity contribution in [3.05, 3.63) is 12.2 Å². The molecule has 0 fully saturated rings. The molecule has 0 aliphatic heterocycles. The predicted octanol–water partition coefficient (Wildman–Crippen LogP) is 0.526. The molecule has 0 radical (unpaired) electrons. The number of aromatic nitrogens is 3. The Morgan fingerprint density at radius 3 is 2.76 bits per heavy atom. The van der Waals surface area contributed by atoms with Gasteiger partial charge in [0.25, 0.3) is 0 Å². The number of nitrogens with zero attached hydrogens (tertiary/aromatic N) is 4. The summed E-state index contributed by atoms with van der Waals surface area (Å²) in [5.74, 6) is 2.38. The third kappa shape index (κ3) is 4.84. The Hall–Kier alpha value is -1.59. The summed E-state index contributed by atoms with van der Waals surface area (Å²) in [6.45, 7) is 5.96. The van der Waals surface area contributed by atoms with E-state index in [0.29, 0.717) is 12.5 Å². The lowest BCUT2D eigenvalue weighted by Crippen LogP contribution is -2.38. The fourth-order valence-corrected chi connectivity index (χ4v) is 1.34. The number of aryl methyl sites for hydroxylation is 1. The molecule has 6 nitrogen and oxygen atoms in total. The molecule has 6 heteroatoms. The van der Waals surface area contributed by atoms with E-state index in [0.717, 1.165) is 24.7 Å². The molecular weight excluding hydrogens is 216 g/mol. The lowest BCUT2D eigenvalue weighted by Gasteiger charge is -2.12. The molecule has 1 heterocycles. The third-order valence-corrected chi connectivity index (χ3v) is 2.46. The Bertz CT molecular complexity index is 355. The first-order valence-corrected chi connectivity index (χ1v) is 5.91. The van der Waals surface area contributed by atoms with Gasteiger partial charge in [-0.3, -0.25) is 9.67 Å². The van der Waals surface area contributed by atoms with E-state index in [4.69, 9.17) is 0 Å². The summed E-state index contributed by atoms with van der Waals surface area (Å²) in [7, 11) is 3.64. The molecule has 1 rings (SSSR count). The average Bonchev–Trinajstić information content (AvgIpc) is 2.68. The van der Waals surface area contributed by atoms with E-state index in [-0.39, 0.29) is 0 Å². The van der Waals surface area contributed by atoms with Gasteiger partial charge in [0, 0.05) is 20.6 Å². The van der Waals surface area contributed by atoms with Crippen LogP contribution in [0.25, 0.3) is 0 Å². The number of hydrogen-bond donors (Lipinski definition) is 2. The summed E-state index contributed by atoms with van der Waals surface area (Å²) >= 11 is 0. The van der Waals surface area contributed by atoms with Crippen molar-refractivity contribution >= 4 is 5.96 Å². The Balaban J connectivity index is 2.31. The number of nitrogens with one attached hydrogen (secondary N) is 2. The predicted molar refractivity (Wildman–Crippen MR) is 68.7 cm³/mol. The second-order valence-electron chi connectivity index (χ2n) is 4.33. The molecule has 0 atom stereocenters. The molecule has 17 heavy (non-hydrogen) atoms. The van der Waals surface area contributed by atoms with Gasteiger partial charge in [-0.1, -0.05) is 13.8 Å². The molecule has 0 amide bonds. The monoisotopic (exact) mass is 238 g/mol. The maximum atomic E-state index is 4.15. The van der Waals surface area contributed by atoms with Crippen LogP contribution in [0.5, 0.6) is 0 Å². The van der Waals surface area contributed by atoms with E-state index in [2.05, 4.69) is 39.6 Å². The van der Waals surface area contributed by atoms with Crippen LogP contribution in [0.1, 0.15) is 26.1 Å². The van der Waals surface area contributed by atoms with Gasteiger partial charge in [0.1, 0.15) is 12.2 Å². The summed E-state index contributed by atoms with van der Waals surface area (Å²) in [6, 6.07) is 0. The lowest BCUT2D eigenvalue weighted by molar-refractivity contribution is 0.572. The van der Waals surface area contributed by atoms with Gasteiger partial charge in [-0.25, -0.2) is 4.98 Å². The van der Waals surface area contributed by atoms with E-state index in [9.17, 15) is 0 Å². The number of rotatable bonds is 5. The van der Waals surface area contributed by atoms with Gasteiger partial charge >= 0.3 is 0 Å². The fourth-order valence-electron chi connectivity index (χ4n) is 1.34. The number of hydrogen-bond acceptors (Lipinski definition) is 3. The zero-order valence-electron chi connectivity index (χ0n) is 11.1. The van der Waals surface area contributed by atoms with Gasteiger partial charge < -0.3 is 10.6 Å². The minimum atomic E-state index is 0.623. The first-order chi connectivity index (χ1) is 8.13. The normalized spacial score (nSPS) is 11.9. The van der Waals surface area contributed by atoms with Crippen molar-refractivity contribution in [1.82, 2.24) is 25.4 Å². The van der Waals surface area contributed by atoms with Crippen LogP contribution in [-0.4, -0.2) is 34.3 Å². The maximum absolute atomic E-state index is 4.15. The number of guanidine groups is 1. The molecule has 0 saturated carbocycles. The van der Waals surface area contributed by atoms with E-state index in [1.54, 1.807) is 18.1 Å². The van der Waals surface area contributed by atoms with Crippen LogP contribution < -0.4 is 10.6 Å². The summed E-state index contributed by atoms with van der Waals surface area (Å²) in [4.78, 5) is 8.29. The van der Waals surface area contributed by atoms with Crippen molar-refractivity contribution in [3.8, 4) is 0 Å². The van der Waals surface area contributed by atoms with E-state index < -0.39 is 0 Å². The molecule has 0 saturated heterocycles. The molecule has 1 aromatic rings. The molecule has 0 spiro atoms. The summed E-state index contributed by atoms with van der Waals surface area (Å²) in [5.41, 5.74) is 0. The van der Waals surface area contributed by atoms with Crippen molar-refractivity contribution in [2.45, 2.75) is 26.8 Å². The van der Waals surface area contributed by atoms with Gasteiger partial charge in [-0.05, 0) is 12.3 Å². The van der Waals surface area contributed by atoms with Gasteiger partial charge in [0.2, 0.25) is 0 Å². The molecule has 96 valence electrons. The molecule has 2 N–H and O–H groups in total. The standard InChI is InChI=1S/C11H22N6/c1-9(2)5-6-13-11(12-3)14-7-10-15-8-16-17(10)4/h8-9H,5-7H2,1-4H3,(H2,12,13,14). The van der Waals surface area contributed by atoms with Gasteiger partial charge in [-0.2, -0.15) is 5.10 Å². The van der Waals surface area contributed by atoms with Crippen LogP contribution in [0.15, 0.2) is 11.3 Å². The second-order valence-corrected chi connectivity index (χ2v) is 4.33. The fraction of sp³-hybridized carbons (Fsp3) is 0.727. The molecular formula is C11H22N6. The highest BCUT2D eigenvalue weighted by Gasteiger charge is 2.02. The van der Waals surface area contributed by atoms with Crippen LogP contribution in [0.4, 0.5) is 0 Å². The van der Waals surface area contributed by atoms with Crippen LogP contribution in [0.3, 0.4) is 0 Å². The minimum absolute atomic E-state index is 0.623. The third-order valence-electron chi connectivity index (χ3n) is 2.46. The van der Waals surface area contributed by atoms with Crippen LogP contribution in [-0.2, 0) is 13.6 Å². The van der Waals surface area contributed by atoms with Crippen LogP contribution in [0.2, 0.25) is 0 Å². The Morgan fingerprint density at radius 1 is 1.47 bits per heavy atom. The van der Waals surface area contributed by atoms with E-state index in [1.165, 1.54) is 0 Å². The summed E-state index contributed by atoms with van der Waals surface area (Å²) in [6.07, 6.45) is 2.68. The van der Waals surface area contributed by atoms with E-state index >= 15 is 0 Å². The second kappa shape index (κ2) is 6.88. The zero-order valence-corrected chi connectivity index (χ0v) is 11.1. The first-order valence-electron chi connectivity index (χ1n) is 5.91. The average molecular weight is 238 g/mol. The highest BCUT2D eigenvalue weighted by molar-refractivity contribution is 5.79. The van der Waals surface area contributed by atoms with Crippen molar-refractivity contribution in [1.29, 1.82) is 0 Å². The maximum Gasteiger partial charge on any atom is 0.191 e. The SMILES string of the molecule is CN=C(NCCC(C)C)NCc1ncnn1C. The quantitative estimate of drug-likeness (QED) is 0.580. The van der Waals surface area contributed by atoms with Crippen LogP contribution >= 0.6 is 0 Å². The highest BCUT2D eigenvalue weighted by Crippen LogP contribution is 1.96. The first kappa shape index (κ1) is 13.5. The van der Waals surface area contributed by atoms with Crippen molar-refractivity contribution in [2.75, 3.05) is 13.6 Å². The lowest BCUT2D eigenvalue weighted by atomic mass is 10.1. The van der Waals surface area contributed by atoms with Crippen molar-refractivity contribution in [2.24, 2.45) is 18.0 Å². The van der Waals surface area contributed by atoms with E-state index in [1.807, 2.05) is 7.05 Å².